The Morgan fingerprint density at radius 3 is 2.35 bits per heavy atom. The van der Waals surface area contributed by atoms with Crippen LogP contribution >= 0.6 is 0 Å². The summed E-state index contributed by atoms with van der Waals surface area (Å²) in [5.74, 6) is 1.42. The summed E-state index contributed by atoms with van der Waals surface area (Å²) in [4.78, 5) is 17.4. The van der Waals surface area contributed by atoms with Gasteiger partial charge < -0.3 is 9.47 Å². The van der Waals surface area contributed by atoms with E-state index in [0.717, 1.165) is 16.7 Å². The van der Waals surface area contributed by atoms with E-state index in [1.165, 1.54) is 0 Å². The second-order valence-corrected chi connectivity index (χ2v) is 8.02. The van der Waals surface area contributed by atoms with Crippen LogP contribution in [0.1, 0.15) is 18.1 Å². The smallest absolute Gasteiger partial charge is 0.236 e. The number of pyridine rings is 1. The van der Waals surface area contributed by atoms with Crippen molar-refractivity contribution in [3.63, 3.8) is 0 Å². The van der Waals surface area contributed by atoms with Crippen LogP contribution in [0.5, 0.6) is 11.5 Å². The van der Waals surface area contributed by atoms with Crippen molar-refractivity contribution in [1.82, 2.24) is 19.7 Å². The van der Waals surface area contributed by atoms with Crippen LogP contribution in [0.15, 0.2) is 67.0 Å². The third-order valence-corrected chi connectivity index (χ3v) is 5.49. The molecule has 174 valence electrons. The number of benzene rings is 2. The summed E-state index contributed by atoms with van der Waals surface area (Å²) in [5, 5.41) is 11.7. The van der Waals surface area contributed by atoms with Gasteiger partial charge in [-0.15, -0.1) is 10.2 Å². The van der Waals surface area contributed by atoms with E-state index in [1.807, 2.05) is 68.4 Å². The number of carbonyl (C=O) groups excluding carboxylic acids is 1. The molecule has 1 N–H and O–H groups in total. The average Bonchev–Trinajstić information content (AvgIpc) is 3.26. The molecule has 0 saturated carbocycles. The quantitative estimate of drug-likeness (QED) is 0.420. The number of nitrogens with one attached hydrogen (secondary N) is 1. The van der Waals surface area contributed by atoms with Crippen molar-refractivity contribution in [1.29, 1.82) is 0 Å². The SMILES string of the molecule is COc1cccc(OC)c1-n1c(NC(=O)[C@H](C)Cc2ccccc2)nnc1-c1cncc(C)c1. The monoisotopic (exact) mass is 457 g/mol. The molecule has 2 heterocycles. The number of carbonyl (C=O) groups is 1. The molecule has 0 bridgehead atoms. The van der Waals surface area contributed by atoms with E-state index in [9.17, 15) is 4.79 Å². The zero-order chi connectivity index (χ0) is 24.1. The minimum Gasteiger partial charge on any atom is -0.494 e. The van der Waals surface area contributed by atoms with E-state index in [2.05, 4.69) is 20.5 Å². The number of aromatic nitrogens is 4. The van der Waals surface area contributed by atoms with E-state index in [0.29, 0.717) is 29.4 Å². The molecule has 34 heavy (non-hydrogen) atoms. The Hall–Kier alpha value is -4.20. The summed E-state index contributed by atoms with van der Waals surface area (Å²) >= 11 is 0. The molecule has 0 radical (unpaired) electrons. The van der Waals surface area contributed by atoms with Gasteiger partial charge in [0.2, 0.25) is 11.9 Å². The number of anilines is 1. The minimum atomic E-state index is -0.281. The molecule has 0 fully saturated rings. The van der Waals surface area contributed by atoms with Gasteiger partial charge in [0.25, 0.3) is 0 Å². The van der Waals surface area contributed by atoms with Crippen LogP contribution in [0.3, 0.4) is 0 Å². The Balaban J connectivity index is 1.78. The molecule has 8 nitrogen and oxygen atoms in total. The van der Waals surface area contributed by atoms with E-state index in [4.69, 9.17) is 9.47 Å². The highest BCUT2D eigenvalue weighted by atomic mass is 16.5. The summed E-state index contributed by atoms with van der Waals surface area (Å²) < 4.78 is 13.0. The lowest BCUT2D eigenvalue weighted by Gasteiger charge is -2.18. The van der Waals surface area contributed by atoms with Gasteiger partial charge in [-0.3, -0.25) is 19.7 Å². The summed E-state index contributed by atoms with van der Waals surface area (Å²) in [7, 11) is 3.16. The van der Waals surface area contributed by atoms with Gasteiger partial charge in [-0.25, -0.2) is 0 Å². The Morgan fingerprint density at radius 1 is 1.00 bits per heavy atom. The average molecular weight is 458 g/mol. The van der Waals surface area contributed by atoms with Gasteiger partial charge in [0.05, 0.1) is 14.2 Å². The van der Waals surface area contributed by atoms with Gasteiger partial charge in [-0.2, -0.15) is 0 Å². The van der Waals surface area contributed by atoms with Crippen LogP contribution in [0.25, 0.3) is 17.1 Å². The predicted molar refractivity (Wildman–Crippen MR) is 130 cm³/mol. The molecular weight excluding hydrogens is 430 g/mol. The van der Waals surface area contributed by atoms with Crippen molar-refractivity contribution in [2.24, 2.45) is 5.92 Å². The highest BCUT2D eigenvalue weighted by molar-refractivity contribution is 5.91. The molecule has 1 atom stereocenters. The fraction of sp³-hybridized carbons (Fsp3) is 0.231. The third kappa shape index (κ3) is 4.76. The first-order valence-electron chi connectivity index (χ1n) is 11.0. The van der Waals surface area contributed by atoms with Crippen molar-refractivity contribution in [2.75, 3.05) is 19.5 Å². The number of amides is 1. The largest absolute Gasteiger partial charge is 0.494 e. The summed E-state index contributed by atoms with van der Waals surface area (Å²) in [6.45, 7) is 3.84. The molecule has 0 saturated heterocycles. The molecule has 2 aromatic carbocycles. The molecule has 2 aromatic heterocycles. The van der Waals surface area contributed by atoms with E-state index in [-0.39, 0.29) is 17.8 Å². The van der Waals surface area contributed by atoms with Crippen molar-refractivity contribution in [2.45, 2.75) is 20.3 Å². The Bertz CT molecular complexity index is 1260. The Kier molecular flexibility index (Phi) is 6.87. The normalized spacial score (nSPS) is 11.6. The van der Waals surface area contributed by atoms with E-state index < -0.39 is 0 Å². The number of hydrogen-bond acceptors (Lipinski definition) is 6. The summed E-state index contributed by atoms with van der Waals surface area (Å²) in [6, 6.07) is 17.3. The van der Waals surface area contributed by atoms with Crippen molar-refractivity contribution >= 4 is 11.9 Å². The predicted octanol–water partition coefficient (Wildman–Crippen LogP) is 4.47. The van der Waals surface area contributed by atoms with Crippen LogP contribution in [0.2, 0.25) is 0 Å². The number of para-hydroxylation sites is 1. The second kappa shape index (κ2) is 10.2. The number of nitrogens with zero attached hydrogens (tertiary/aromatic N) is 4. The topological polar surface area (TPSA) is 91.2 Å². The lowest BCUT2D eigenvalue weighted by atomic mass is 10.0. The lowest BCUT2D eigenvalue weighted by molar-refractivity contribution is -0.119. The van der Waals surface area contributed by atoms with Crippen LogP contribution in [-0.4, -0.2) is 39.9 Å². The second-order valence-electron chi connectivity index (χ2n) is 8.02. The fourth-order valence-electron chi connectivity index (χ4n) is 3.79. The molecular formula is C26H27N5O3. The Labute approximate surface area is 198 Å². The summed E-state index contributed by atoms with van der Waals surface area (Å²) in [6.07, 6.45) is 4.08. The fourth-order valence-corrected chi connectivity index (χ4v) is 3.79. The molecule has 4 aromatic rings. The van der Waals surface area contributed by atoms with Gasteiger partial charge in [-0.05, 0) is 42.7 Å². The molecule has 8 heteroatoms. The molecule has 0 aliphatic heterocycles. The van der Waals surface area contributed by atoms with Crippen LogP contribution < -0.4 is 14.8 Å². The highest BCUT2D eigenvalue weighted by Crippen LogP contribution is 2.37. The number of aryl methyl sites for hydroxylation is 1. The molecule has 4 rings (SSSR count). The van der Waals surface area contributed by atoms with Gasteiger partial charge >= 0.3 is 0 Å². The van der Waals surface area contributed by atoms with E-state index >= 15 is 0 Å². The number of ether oxygens (including phenoxy) is 2. The first-order chi connectivity index (χ1) is 16.5. The van der Waals surface area contributed by atoms with Crippen LogP contribution in [0.4, 0.5) is 5.95 Å². The zero-order valence-corrected chi connectivity index (χ0v) is 19.6. The zero-order valence-electron chi connectivity index (χ0n) is 19.6. The first-order valence-corrected chi connectivity index (χ1v) is 11.0. The maximum Gasteiger partial charge on any atom is 0.236 e. The maximum absolute atomic E-state index is 13.1. The molecule has 0 aliphatic carbocycles. The van der Waals surface area contributed by atoms with Gasteiger partial charge in [0.15, 0.2) is 5.82 Å². The standard InChI is InChI=1S/C26H27N5O3/c1-17-13-20(16-27-15-17)24-29-30-26(28-25(32)18(2)14-19-9-6-5-7-10-19)31(24)23-21(33-3)11-8-12-22(23)34-4/h5-13,15-16,18H,14H2,1-4H3,(H,28,30,32)/t18-/m1/s1. The number of methoxy groups -OCH3 is 2. The molecule has 0 spiro atoms. The van der Waals surface area contributed by atoms with Crippen molar-refractivity contribution in [3.8, 4) is 28.6 Å². The maximum atomic E-state index is 13.1. The number of hydrogen-bond donors (Lipinski definition) is 1. The summed E-state index contributed by atoms with van der Waals surface area (Å²) in [5.41, 5.74) is 3.39. The Morgan fingerprint density at radius 2 is 1.71 bits per heavy atom. The first kappa shape index (κ1) is 23.0. The van der Waals surface area contributed by atoms with Gasteiger partial charge in [0.1, 0.15) is 17.2 Å². The minimum absolute atomic E-state index is 0.166. The van der Waals surface area contributed by atoms with Crippen molar-refractivity contribution < 1.29 is 14.3 Å². The highest BCUT2D eigenvalue weighted by Gasteiger charge is 2.25. The molecule has 0 aliphatic rings. The van der Waals surface area contributed by atoms with E-state index in [1.54, 1.807) is 31.2 Å². The third-order valence-electron chi connectivity index (χ3n) is 5.49. The van der Waals surface area contributed by atoms with Gasteiger partial charge in [0, 0.05) is 23.9 Å². The van der Waals surface area contributed by atoms with Crippen LogP contribution in [0, 0.1) is 12.8 Å². The van der Waals surface area contributed by atoms with Crippen molar-refractivity contribution in [3.05, 3.63) is 78.1 Å². The van der Waals surface area contributed by atoms with Gasteiger partial charge in [-0.1, -0.05) is 43.3 Å². The van der Waals surface area contributed by atoms with Crippen LogP contribution in [-0.2, 0) is 11.2 Å². The molecule has 1 amide bonds. The lowest BCUT2D eigenvalue weighted by Crippen LogP contribution is -2.24. The molecule has 0 unspecified atom stereocenters. The number of rotatable bonds is 8.